The number of hydrogen-bond donors (Lipinski definition) is 2. The molecule has 0 aromatic carbocycles. The number of allylic oxidation sites excluding steroid dienone is 2. The molecule has 2 atom stereocenters. The smallest absolute Gasteiger partial charge is 0.00765 e. The van der Waals surface area contributed by atoms with Crippen LogP contribution in [-0.2, 0) is 0 Å². The molecule has 0 aliphatic carbocycles. The molecule has 0 heterocycles. The van der Waals surface area contributed by atoms with Gasteiger partial charge in [-0.1, -0.05) is 90.2 Å². The largest absolute Gasteiger partial charge is 0.330 e. The van der Waals surface area contributed by atoms with Crippen molar-refractivity contribution in [3.05, 3.63) is 12.2 Å². The summed E-state index contributed by atoms with van der Waals surface area (Å²) in [7, 11) is 0. The second kappa shape index (κ2) is 19.0. The molecule has 2 heteroatoms. The summed E-state index contributed by atoms with van der Waals surface area (Å²) in [6, 6.07) is 0.298. The summed E-state index contributed by atoms with van der Waals surface area (Å²) >= 11 is 0. The Morgan fingerprint density at radius 2 is 1.17 bits per heavy atom. The highest BCUT2D eigenvalue weighted by Crippen LogP contribution is 2.12. The third-order valence-corrected chi connectivity index (χ3v) is 5.15. The molecule has 0 bridgehead atoms. The van der Waals surface area contributed by atoms with Gasteiger partial charge in [0, 0.05) is 6.04 Å². The molecular weight excluding hydrogens is 292 g/mol. The topological polar surface area (TPSA) is 52.0 Å². The maximum Gasteiger partial charge on any atom is 0.00765 e. The predicted molar refractivity (Wildman–Crippen MR) is 110 cm³/mol. The molecule has 2 unspecified atom stereocenters. The SMILES string of the molecule is CCCCCCCCC=CCCCCCCCCC(N)C(C)CN. The van der Waals surface area contributed by atoms with Crippen LogP contribution in [0.15, 0.2) is 12.2 Å². The highest BCUT2D eigenvalue weighted by molar-refractivity contribution is 4.81. The molecule has 144 valence electrons. The van der Waals surface area contributed by atoms with Gasteiger partial charge >= 0.3 is 0 Å². The first kappa shape index (κ1) is 23.7. The van der Waals surface area contributed by atoms with E-state index in [1.165, 1.54) is 89.9 Å². The highest BCUT2D eigenvalue weighted by Gasteiger charge is 2.09. The van der Waals surface area contributed by atoms with Gasteiger partial charge in [-0.25, -0.2) is 0 Å². The average Bonchev–Trinajstić information content (AvgIpc) is 2.60. The van der Waals surface area contributed by atoms with Crippen molar-refractivity contribution < 1.29 is 0 Å². The average molecular weight is 339 g/mol. The van der Waals surface area contributed by atoms with Crippen molar-refractivity contribution >= 4 is 0 Å². The van der Waals surface area contributed by atoms with Gasteiger partial charge in [0.1, 0.15) is 0 Å². The molecule has 0 amide bonds. The third kappa shape index (κ3) is 16.5. The molecule has 2 nitrogen and oxygen atoms in total. The van der Waals surface area contributed by atoms with Crippen molar-refractivity contribution in [3.8, 4) is 0 Å². The summed E-state index contributed by atoms with van der Waals surface area (Å²) < 4.78 is 0. The van der Waals surface area contributed by atoms with E-state index >= 15 is 0 Å². The van der Waals surface area contributed by atoms with Crippen molar-refractivity contribution in [2.45, 2.75) is 116 Å². The van der Waals surface area contributed by atoms with Gasteiger partial charge in [-0.05, 0) is 44.6 Å². The van der Waals surface area contributed by atoms with Gasteiger partial charge in [0.2, 0.25) is 0 Å². The Labute approximate surface area is 152 Å². The van der Waals surface area contributed by atoms with Gasteiger partial charge in [-0.2, -0.15) is 0 Å². The van der Waals surface area contributed by atoms with Gasteiger partial charge in [0.25, 0.3) is 0 Å². The van der Waals surface area contributed by atoms with Crippen LogP contribution in [-0.4, -0.2) is 12.6 Å². The number of nitrogens with two attached hydrogens (primary N) is 2. The first-order valence-corrected chi connectivity index (χ1v) is 10.8. The lowest BCUT2D eigenvalue weighted by Gasteiger charge is -2.17. The molecular formula is C22H46N2. The molecule has 0 rings (SSSR count). The maximum atomic E-state index is 6.10. The van der Waals surface area contributed by atoms with E-state index in [-0.39, 0.29) is 0 Å². The molecule has 0 saturated carbocycles. The van der Waals surface area contributed by atoms with E-state index in [0.717, 1.165) is 6.42 Å². The summed E-state index contributed by atoms with van der Waals surface area (Å²) in [5, 5.41) is 0. The maximum absolute atomic E-state index is 6.10. The lowest BCUT2D eigenvalue weighted by atomic mass is 9.97. The molecule has 4 N–H and O–H groups in total. The van der Waals surface area contributed by atoms with Crippen LogP contribution in [0.5, 0.6) is 0 Å². The van der Waals surface area contributed by atoms with Crippen LogP contribution < -0.4 is 11.5 Å². The fourth-order valence-corrected chi connectivity index (χ4v) is 3.09. The van der Waals surface area contributed by atoms with Gasteiger partial charge in [-0.15, -0.1) is 0 Å². The molecule has 0 saturated heterocycles. The van der Waals surface area contributed by atoms with Crippen LogP contribution in [0.3, 0.4) is 0 Å². The van der Waals surface area contributed by atoms with E-state index < -0.39 is 0 Å². The van der Waals surface area contributed by atoms with Gasteiger partial charge < -0.3 is 11.5 Å². The summed E-state index contributed by atoms with van der Waals surface area (Å²) in [6.45, 7) is 5.15. The van der Waals surface area contributed by atoms with E-state index in [4.69, 9.17) is 11.5 Å². The molecule has 0 aliphatic rings. The Balaban J connectivity index is 3.18. The van der Waals surface area contributed by atoms with E-state index in [2.05, 4.69) is 26.0 Å². The second-order valence-electron chi connectivity index (χ2n) is 7.60. The molecule has 0 aliphatic heterocycles. The third-order valence-electron chi connectivity index (χ3n) is 5.15. The number of rotatable bonds is 18. The zero-order valence-electron chi connectivity index (χ0n) is 16.8. The minimum Gasteiger partial charge on any atom is -0.330 e. The summed E-state index contributed by atoms with van der Waals surface area (Å²) in [5.41, 5.74) is 11.7. The summed E-state index contributed by atoms with van der Waals surface area (Å²) in [6.07, 6.45) is 25.0. The van der Waals surface area contributed by atoms with E-state index in [1.54, 1.807) is 0 Å². The zero-order chi connectivity index (χ0) is 17.9. The lowest BCUT2D eigenvalue weighted by Crippen LogP contribution is -2.32. The predicted octanol–water partition coefficient (Wildman–Crippen LogP) is 6.34. The van der Waals surface area contributed by atoms with E-state index in [9.17, 15) is 0 Å². The molecule has 0 aromatic heterocycles. The zero-order valence-corrected chi connectivity index (χ0v) is 16.8. The van der Waals surface area contributed by atoms with Gasteiger partial charge in [0.05, 0.1) is 0 Å². The second-order valence-corrected chi connectivity index (χ2v) is 7.60. The Morgan fingerprint density at radius 3 is 1.67 bits per heavy atom. The number of hydrogen-bond acceptors (Lipinski definition) is 2. The molecule has 0 fully saturated rings. The van der Waals surface area contributed by atoms with Crippen LogP contribution in [0.1, 0.15) is 110 Å². The van der Waals surface area contributed by atoms with Crippen molar-refractivity contribution in [1.82, 2.24) is 0 Å². The van der Waals surface area contributed by atoms with E-state index in [1.807, 2.05) is 0 Å². The van der Waals surface area contributed by atoms with Crippen LogP contribution in [0.25, 0.3) is 0 Å². The number of unbranched alkanes of at least 4 members (excludes halogenated alkanes) is 12. The first-order chi connectivity index (χ1) is 11.7. The quantitative estimate of drug-likeness (QED) is 0.226. The minimum atomic E-state index is 0.298. The standard InChI is InChI=1S/C22H46N2/c1-3-4-5-6-7-8-9-10-11-12-13-14-15-16-17-18-19-22(24)21(2)20-23/h10-11,21-22H,3-9,12-20,23-24H2,1-2H3. The minimum absolute atomic E-state index is 0.298. The summed E-state index contributed by atoms with van der Waals surface area (Å²) in [5.74, 6) is 0.466. The normalized spacial score (nSPS) is 14.3. The Morgan fingerprint density at radius 1 is 0.708 bits per heavy atom. The first-order valence-electron chi connectivity index (χ1n) is 10.8. The molecule has 24 heavy (non-hydrogen) atoms. The summed E-state index contributed by atoms with van der Waals surface area (Å²) in [4.78, 5) is 0. The van der Waals surface area contributed by atoms with Crippen molar-refractivity contribution in [2.75, 3.05) is 6.54 Å². The van der Waals surface area contributed by atoms with Crippen molar-refractivity contribution in [1.29, 1.82) is 0 Å². The molecule has 0 spiro atoms. The van der Waals surface area contributed by atoms with Crippen LogP contribution in [0.4, 0.5) is 0 Å². The van der Waals surface area contributed by atoms with Crippen molar-refractivity contribution in [2.24, 2.45) is 17.4 Å². The highest BCUT2D eigenvalue weighted by atomic mass is 14.7. The Hall–Kier alpha value is -0.340. The lowest BCUT2D eigenvalue weighted by molar-refractivity contribution is 0.420. The Bertz CT molecular complexity index is 263. The van der Waals surface area contributed by atoms with Crippen LogP contribution in [0, 0.1) is 5.92 Å². The van der Waals surface area contributed by atoms with Gasteiger partial charge in [-0.3, -0.25) is 0 Å². The Kier molecular flexibility index (Phi) is 18.7. The molecule has 0 radical (unpaired) electrons. The van der Waals surface area contributed by atoms with Gasteiger partial charge in [0.15, 0.2) is 0 Å². The fourth-order valence-electron chi connectivity index (χ4n) is 3.09. The van der Waals surface area contributed by atoms with Crippen LogP contribution >= 0.6 is 0 Å². The monoisotopic (exact) mass is 338 g/mol. The van der Waals surface area contributed by atoms with E-state index in [0.29, 0.717) is 18.5 Å². The molecule has 0 aromatic rings. The van der Waals surface area contributed by atoms with Crippen LogP contribution in [0.2, 0.25) is 0 Å². The van der Waals surface area contributed by atoms with Crippen molar-refractivity contribution in [3.63, 3.8) is 0 Å². The fraction of sp³-hybridized carbons (Fsp3) is 0.909.